The Kier molecular flexibility index (Phi) is 18.9. The second kappa shape index (κ2) is 24.4. The van der Waals surface area contributed by atoms with E-state index in [4.69, 9.17) is 18.9 Å². The SMILES string of the molecule is COC(=O)CCCCCOCCOCCOCCCCCCOc1cccc(C(C)NC(=O)c2cccc(NCc3nnc(-c4ccncn4)n3C)c2)c1. The molecule has 0 fully saturated rings. The number of rotatable bonds is 27. The third-order valence-corrected chi connectivity index (χ3v) is 8.65. The van der Waals surface area contributed by atoms with Crippen molar-refractivity contribution in [3.63, 3.8) is 0 Å². The Hall–Kier alpha value is -4.92. The molecule has 0 aliphatic heterocycles. The molecule has 4 rings (SSSR count). The molecule has 1 atom stereocenters. The number of nitrogens with one attached hydrogen (secondary N) is 2. The number of amides is 1. The molecular formula is C40H55N7O7. The molecule has 0 bridgehead atoms. The van der Waals surface area contributed by atoms with Gasteiger partial charge in [0.1, 0.15) is 17.8 Å². The summed E-state index contributed by atoms with van der Waals surface area (Å²) in [5.74, 6) is 1.85. The number of anilines is 1. The summed E-state index contributed by atoms with van der Waals surface area (Å²) in [6, 6.07) is 16.8. The van der Waals surface area contributed by atoms with Gasteiger partial charge in [-0.2, -0.15) is 0 Å². The van der Waals surface area contributed by atoms with Gasteiger partial charge in [-0.1, -0.05) is 31.0 Å². The van der Waals surface area contributed by atoms with E-state index in [9.17, 15) is 9.59 Å². The Balaban J connectivity index is 1.03. The van der Waals surface area contributed by atoms with Crippen LogP contribution in [0.3, 0.4) is 0 Å². The lowest BCUT2D eigenvalue weighted by molar-refractivity contribution is -0.140. The first kappa shape index (κ1) is 41.8. The summed E-state index contributed by atoms with van der Waals surface area (Å²) in [7, 11) is 3.30. The van der Waals surface area contributed by atoms with Crippen LogP contribution in [0.2, 0.25) is 0 Å². The monoisotopic (exact) mass is 745 g/mol. The van der Waals surface area contributed by atoms with Gasteiger partial charge < -0.3 is 38.9 Å². The van der Waals surface area contributed by atoms with Crippen LogP contribution >= 0.6 is 0 Å². The lowest BCUT2D eigenvalue weighted by Gasteiger charge is -2.16. The number of methoxy groups -OCH3 is 1. The van der Waals surface area contributed by atoms with E-state index in [-0.39, 0.29) is 17.9 Å². The minimum Gasteiger partial charge on any atom is -0.494 e. The van der Waals surface area contributed by atoms with Crippen molar-refractivity contribution in [2.24, 2.45) is 7.05 Å². The number of hydrogen-bond donors (Lipinski definition) is 2. The molecule has 2 N–H and O–H groups in total. The van der Waals surface area contributed by atoms with Crippen molar-refractivity contribution in [3.8, 4) is 17.3 Å². The first-order valence-corrected chi connectivity index (χ1v) is 18.8. The highest BCUT2D eigenvalue weighted by Crippen LogP contribution is 2.21. The molecule has 0 saturated carbocycles. The minimum absolute atomic E-state index is 0.160. The molecule has 2 aromatic heterocycles. The number of carbonyl (C=O) groups excluding carboxylic acids is 2. The normalized spacial score (nSPS) is 11.6. The molecule has 0 aliphatic rings. The molecule has 2 heterocycles. The predicted octanol–water partition coefficient (Wildman–Crippen LogP) is 6.10. The van der Waals surface area contributed by atoms with Gasteiger partial charge in [-0.25, -0.2) is 9.97 Å². The number of esters is 1. The van der Waals surface area contributed by atoms with E-state index in [1.54, 1.807) is 18.3 Å². The Labute approximate surface area is 318 Å². The molecule has 0 radical (unpaired) electrons. The highest BCUT2D eigenvalue weighted by atomic mass is 16.5. The van der Waals surface area contributed by atoms with Crippen LogP contribution in [0.4, 0.5) is 5.69 Å². The van der Waals surface area contributed by atoms with Gasteiger partial charge in [0, 0.05) is 44.1 Å². The fourth-order valence-corrected chi connectivity index (χ4v) is 5.49. The number of carbonyl (C=O) groups is 2. The van der Waals surface area contributed by atoms with Crippen molar-refractivity contribution < 1.29 is 33.3 Å². The van der Waals surface area contributed by atoms with Gasteiger partial charge in [-0.3, -0.25) is 9.59 Å². The highest BCUT2D eigenvalue weighted by molar-refractivity contribution is 5.95. The van der Waals surface area contributed by atoms with E-state index in [0.717, 1.165) is 67.8 Å². The summed E-state index contributed by atoms with van der Waals surface area (Å²) in [5.41, 5.74) is 3.01. The van der Waals surface area contributed by atoms with Gasteiger partial charge in [0.2, 0.25) is 0 Å². The van der Waals surface area contributed by atoms with Crippen LogP contribution < -0.4 is 15.4 Å². The van der Waals surface area contributed by atoms with E-state index >= 15 is 0 Å². The van der Waals surface area contributed by atoms with Gasteiger partial charge in [0.05, 0.1) is 52.7 Å². The average molecular weight is 746 g/mol. The van der Waals surface area contributed by atoms with Crippen LogP contribution in [0, 0.1) is 0 Å². The van der Waals surface area contributed by atoms with Crippen molar-refractivity contribution in [2.75, 3.05) is 58.7 Å². The van der Waals surface area contributed by atoms with Crippen molar-refractivity contribution in [3.05, 3.63) is 84.1 Å². The number of nitrogens with zero attached hydrogens (tertiary/aromatic N) is 5. The van der Waals surface area contributed by atoms with Gasteiger partial charge >= 0.3 is 5.97 Å². The molecular weight excluding hydrogens is 690 g/mol. The first-order valence-electron chi connectivity index (χ1n) is 18.8. The number of hydrogen-bond acceptors (Lipinski definition) is 12. The predicted molar refractivity (Wildman–Crippen MR) is 205 cm³/mol. The molecule has 0 saturated heterocycles. The third-order valence-electron chi connectivity index (χ3n) is 8.65. The Morgan fingerprint density at radius 2 is 1.50 bits per heavy atom. The number of unbranched alkanes of at least 4 members (excludes halogenated alkanes) is 5. The zero-order valence-corrected chi connectivity index (χ0v) is 31.8. The average Bonchev–Trinajstić information content (AvgIpc) is 3.57. The van der Waals surface area contributed by atoms with Gasteiger partial charge in [-0.05, 0) is 81.0 Å². The second-order valence-corrected chi connectivity index (χ2v) is 12.8. The maximum absolute atomic E-state index is 13.2. The number of benzene rings is 2. The summed E-state index contributed by atoms with van der Waals surface area (Å²) < 4.78 is 29.3. The quantitative estimate of drug-likeness (QED) is 0.0534. The van der Waals surface area contributed by atoms with Gasteiger partial charge in [-0.15, -0.1) is 10.2 Å². The van der Waals surface area contributed by atoms with Gasteiger partial charge in [0.15, 0.2) is 11.6 Å². The van der Waals surface area contributed by atoms with E-state index in [2.05, 4.69) is 35.5 Å². The largest absolute Gasteiger partial charge is 0.494 e. The first-order chi connectivity index (χ1) is 26.4. The van der Waals surface area contributed by atoms with Gasteiger partial charge in [0.25, 0.3) is 5.91 Å². The Morgan fingerprint density at radius 1 is 0.796 bits per heavy atom. The van der Waals surface area contributed by atoms with E-state index in [1.807, 2.05) is 61.0 Å². The maximum atomic E-state index is 13.2. The van der Waals surface area contributed by atoms with E-state index in [1.165, 1.54) is 13.4 Å². The molecule has 4 aromatic rings. The zero-order chi connectivity index (χ0) is 38.2. The molecule has 292 valence electrons. The van der Waals surface area contributed by atoms with Crippen LogP contribution in [-0.4, -0.2) is 90.0 Å². The standard InChI is InChI=1S/C40H55N7O7/c1-31(44-40(49)33-14-11-15-34(27-33)42-29-37-45-46-39(47(37)2)36-18-19-41-30-43-36)32-13-12-16-35(28-32)54-22-10-5-4-8-20-51-23-25-53-26-24-52-21-9-6-7-17-38(48)50-3/h11-16,18-19,27-28,30-31,42H,4-10,17,20-26,29H2,1-3H3,(H,44,49). The topological polar surface area (TPSA) is 161 Å². The molecule has 1 amide bonds. The number of ether oxygens (including phenoxy) is 5. The molecule has 14 nitrogen and oxygen atoms in total. The van der Waals surface area contributed by atoms with Crippen LogP contribution in [0.5, 0.6) is 5.75 Å². The van der Waals surface area contributed by atoms with Crippen LogP contribution in [-0.2, 0) is 37.3 Å². The fraction of sp³-hybridized carbons (Fsp3) is 0.500. The van der Waals surface area contributed by atoms with Crippen molar-refractivity contribution in [1.29, 1.82) is 0 Å². The molecule has 14 heteroatoms. The maximum Gasteiger partial charge on any atom is 0.305 e. The molecule has 0 aliphatic carbocycles. The van der Waals surface area contributed by atoms with Crippen LogP contribution in [0.15, 0.2) is 67.1 Å². The van der Waals surface area contributed by atoms with E-state index < -0.39 is 0 Å². The summed E-state index contributed by atoms with van der Waals surface area (Å²) in [6.07, 6.45) is 10.4. The summed E-state index contributed by atoms with van der Waals surface area (Å²) >= 11 is 0. The molecule has 54 heavy (non-hydrogen) atoms. The fourth-order valence-electron chi connectivity index (χ4n) is 5.49. The third kappa shape index (κ3) is 15.2. The second-order valence-electron chi connectivity index (χ2n) is 12.8. The molecule has 1 unspecified atom stereocenters. The Bertz CT molecular complexity index is 1670. The summed E-state index contributed by atoms with van der Waals surface area (Å²) in [6.45, 7) is 6.66. The number of aromatic nitrogens is 5. The van der Waals surface area contributed by atoms with E-state index in [0.29, 0.717) is 76.3 Å². The minimum atomic E-state index is -0.211. The van der Waals surface area contributed by atoms with Crippen molar-refractivity contribution in [1.82, 2.24) is 30.0 Å². The van der Waals surface area contributed by atoms with Crippen LogP contribution in [0.1, 0.15) is 86.1 Å². The summed E-state index contributed by atoms with van der Waals surface area (Å²) in [5, 5.41) is 15.0. The lowest BCUT2D eigenvalue weighted by Crippen LogP contribution is -2.26. The van der Waals surface area contributed by atoms with Crippen molar-refractivity contribution in [2.45, 2.75) is 70.9 Å². The lowest BCUT2D eigenvalue weighted by atomic mass is 10.1. The smallest absolute Gasteiger partial charge is 0.305 e. The Morgan fingerprint density at radius 3 is 2.22 bits per heavy atom. The highest BCUT2D eigenvalue weighted by Gasteiger charge is 2.14. The van der Waals surface area contributed by atoms with Crippen molar-refractivity contribution >= 4 is 17.6 Å². The zero-order valence-electron chi connectivity index (χ0n) is 31.8. The molecule has 2 aromatic carbocycles. The summed E-state index contributed by atoms with van der Waals surface area (Å²) in [4.78, 5) is 32.5. The molecule has 0 spiro atoms. The van der Waals surface area contributed by atoms with Crippen LogP contribution in [0.25, 0.3) is 11.5 Å².